The van der Waals surface area contributed by atoms with Crippen LogP contribution in [0.1, 0.15) is 16.7 Å². The molecule has 4 nitrogen and oxygen atoms in total. The first kappa shape index (κ1) is 17.6. The molecule has 0 bridgehead atoms. The molecule has 0 spiro atoms. The van der Waals surface area contributed by atoms with Crippen LogP contribution in [0.2, 0.25) is 0 Å². The molecule has 0 aliphatic rings. The normalized spacial score (nSPS) is 10.6. The summed E-state index contributed by atoms with van der Waals surface area (Å²) in [6.45, 7) is 2.06. The van der Waals surface area contributed by atoms with Crippen molar-refractivity contribution >= 4 is 34.1 Å². The maximum Gasteiger partial charge on any atom is 0.230 e. The van der Waals surface area contributed by atoms with Gasteiger partial charge >= 0.3 is 0 Å². The van der Waals surface area contributed by atoms with Crippen LogP contribution in [0, 0.1) is 12.7 Å². The van der Waals surface area contributed by atoms with E-state index in [1.54, 1.807) is 23.9 Å². The lowest BCUT2D eigenvalue weighted by molar-refractivity contribution is -0.115. The largest absolute Gasteiger partial charge is 0.300 e. The van der Waals surface area contributed by atoms with Crippen molar-refractivity contribution in [2.45, 2.75) is 23.4 Å². The van der Waals surface area contributed by atoms with E-state index in [2.05, 4.69) is 46.7 Å². The van der Waals surface area contributed by atoms with Crippen LogP contribution >= 0.6 is 23.1 Å². The first-order chi connectivity index (χ1) is 12.1. The van der Waals surface area contributed by atoms with Gasteiger partial charge in [0, 0.05) is 5.75 Å². The number of aromatic nitrogens is 2. The fourth-order valence-corrected chi connectivity index (χ4v) is 3.87. The molecule has 7 heteroatoms. The molecule has 0 atom stereocenters. The van der Waals surface area contributed by atoms with Gasteiger partial charge in [-0.1, -0.05) is 65.1 Å². The molecule has 1 heterocycles. The lowest BCUT2D eigenvalue weighted by Crippen LogP contribution is -2.14. The first-order valence-electron chi connectivity index (χ1n) is 7.64. The quantitative estimate of drug-likeness (QED) is 0.512. The number of carbonyl (C=O) groups excluding carboxylic acids is 1. The molecule has 1 amide bonds. The summed E-state index contributed by atoms with van der Waals surface area (Å²) in [6.07, 6.45) is 0.100. The van der Waals surface area contributed by atoms with Gasteiger partial charge in [-0.2, -0.15) is 0 Å². The molecule has 128 valence electrons. The van der Waals surface area contributed by atoms with Gasteiger partial charge < -0.3 is 5.32 Å². The zero-order valence-corrected chi connectivity index (χ0v) is 15.2. The van der Waals surface area contributed by atoms with Gasteiger partial charge in [-0.15, -0.1) is 10.2 Å². The predicted octanol–water partition coefficient (Wildman–Crippen LogP) is 4.46. The topological polar surface area (TPSA) is 54.9 Å². The van der Waals surface area contributed by atoms with E-state index in [0.29, 0.717) is 10.7 Å². The number of carbonyl (C=O) groups is 1. The second-order valence-electron chi connectivity index (χ2n) is 5.50. The van der Waals surface area contributed by atoms with Crippen molar-refractivity contribution in [3.8, 4) is 0 Å². The van der Waals surface area contributed by atoms with Crippen LogP contribution in [0.5, 0.6) is 0 Å². The molecule has 1 N–H and O–H groups in total. The monoisotopic (exact) mass is 373 g/mol. The van der Waals surface area contributed by atoms with Crippen LogP contribution < -0.4 is 5.32 Å². The second kappa shape index (κ2) is 8.22. The Morgan fingerprint density at radius 2 is 1.96 bits per heavy atom. The van der Waals surface area contributed by atoms with E-state index in [-0.39, 0.29) is 18.1 Å². The molecule has 0 saturated heterocycles. The molecule has 0 aliphatic carbocycles. The molecular formula is C18H16FN3OS2. The van der Waals surface area contributed by atoms with Crippen LogP contribution in [-0.2, 0) is 17.0 Å². The molecule has 1 aromatic heterocycles. The number of rotatable bonds is 6. The number of benzene rings is 2. The average molecular weight is 373 g/mol. The molecule has 0 aliphatic heterocycles. The first-order valence-corrected chi connectivity index (χ1v) is 9.45. The summed E-state index contributed by atoms with van der Waals surface area (Å²) in [5.74, 6) is 0.208. The average Bonchev–Trinajstić information content (AvgIpc) is 3.01. The summed E-state index contributed by atoms with van der Waals surface area (Å²) < 4.78 is 13.9. The summed E-state index contributed by atoms with van der Waals surface area (Å²) in [4.78, 5) is 12.0. The molecule has 0 radical (unpaired) electrons. The van der Waals surface area contributed by atoms with Crippen molar-refractivity contribution in [2.24, 2.45) is 0 Å². The van der Waals surface area contributed by atoms with Crippen LogP contribution in [0.4, 0.5) is 9.52 Å². The van der Waals surface area contributed by atoms with Crippen molar-refractivity contribution in [1.29, 1.82) is 0 Å². The number of nitrogens with one attached hydrogen (secondary N) is 1. The molecule has 0 unspecified atom stereocenters. The van der Waals surface area contributed by atoms with Gasteiger partial charge in [0.1, 0.15) is 5.82 Å². The number of thioether (sulfide) groups is 1. The minimum absolute atomic E-state index is 0.100. The number of hydrogen-bond donors (Lipinski definition) is 1. The molecular weight excluding hydrogens is 357 g/mol. The van der Waals surface area contributed by atoms with Crippen molar-refractivity contribution in [3.05, 3.63) is 71.0 Å². The number of anilines is 1. The van der Waals surface area contributed by atoms with Gasteiger partial charge in [0.15, 0.2) is 4.34 Å². The number of amides is 1. The van der Waals surface area contributed by atoms with E-state index in [1.807, 2.05) is 0 Å². The van der Waals surface area contributed by atoms with Crippen LogP contribution in [0.15, 0.2) is 52.9 Å². The minimum atomic E-state index is -0.351. The van der Waals surface area contributed by atoms with E-state index in [0.717, 1.165) is 10.1 Å². The van der Waals surface area contributed by atoms with Crippen LogP contribution in [-0.4, -0.2) is 16.1 Å². The van der Waals surface area contributed by atoms with Gasteiger partial charge in [0.05, 0.1) is 6.42 Å². The highest BCUT2D eigenvalue weighted by atomic mass is 32.2. The maximum atomic E-state index is 13.1. The number of halogens is 1. The van der Waals surface area contributed by atoms with Crippen LogP contribution in [0.3, 0.4) is 0 Å². The molecule has 0 fully saturated rings. The van der Waals surface area contributed by atoms with Crippen molar-refractivity contribution in [3.63, 3.8) is 0 Å². The standard InChI is InChI=1S/C18H16FN3OS2/c1-12-5-7-13(8-6-12)11-24-18-22-21-17(25-18)20-16(23)10-14-3-2-4-15(19)9-14/h2-9H,10-11H2,1H3,(H,20,21,23). The Morgan fingerprint density at radius 3 is 2.72 bits per heavy atom. The molecule has 2 aromatic carbocycles. The number of hydrogen-bond acceptors (Lipinski definition) is 5. The van der Waals surface area contributed by atoms with Crippen LogP contribution in [0.25, 0.3) is 0 Å². The van der Waals surface area contributed by atoms with E-state index < -0.39 is 0 Å². The third-order valence-electron chi connectivity index (χ3n) is 3.39. The lowest BCUT2D eigenvalue weighted by Gasteiger charge is -2.01. The molecule has 3 rings (SSSR count). The lowest BCUT2D eigenvalue weighted by atomic mass is 10.1. The summed E-state index contributed by atoms with van der Waals surface area (Å²) in [5.41, 5.74) is 3.06. The molecule has 3 aromatic rings. The molecule has 25 heavy (non-hydrogen) atoms. The highest BCUT2D eigenvalue weighted by Gasteiger charge is 2.10. The zero-order valence-electron chi connectivity index (χ0n) is 13.5. The summed E-state index contributed by atoms with van der Waals surface area (Å²) >= 11 is 2.91. The van der Waals surface area contributed by atoms with Gasteiger partial charge in [-0.3, -0.25) is 4.79 Å². The Bertz CT molecular complexity index is 865. The fraction of sp³-hybridized carbons (Fsp3) is 0.167. The van der Waals surface area contributed by atoms with E-state index in [4.69, 9.17) is 0 Å². The minimum Gasteiger partial charge on any atom is -0.300 e. The Labute approximate surface area is 153 Å². The SMILES string of the molecule is Cc1ccc(CSc2nnc(NC(=O)Cc3cccc(F)c3)s2)cc1. The van der Waals surface area contributed by atoms with E-state index >= 15 is 0 Å². The van der Waals surface area contributed by atoms with Crippen molar-refractivity contribution < 1.29 is 9.18 Å². The maximum absolute atomic E-state index is 13.1. The van der Waals surface area contributed by atoms with Crippen molar-refractivity contribution in [1.82, 2.24) is 10.2 Å². The highest BCUT2D eigenvalue weighted by molar-refractivity contribution is 8.00. The summed E-state index contributed by atoms with van der Waals surface area (Å²) in [7, 11) is 0. The smallest absolute Gasteiger partial charge is 0.230 e. The Balaban J connectivity index is 1.52. The number of aryl methyl sites for hydroxylation is 1. The summed E-state index contributed by atoms with van der Waals surface area (Å²) in [5, 5.41) is 11.2. The van der Waals surface area contributed by atoms with Gasteiger partial charge in [-0.25, -0.2) is 4.39 Å². The predicted molar refractivity (Wildman–Crippen MR) is 99.4 cm³/mol. The van der Waals surface area contributed by atoms with E-state index in [9.17, 15) is 9.18 Å². The van der Waals surface area contributed by atoms with Gasteiger partial charge in [0.2, 0.25) is 11.0 Å². The zero-order chi connectivity index (χ0) is 17.6. The Morgan fingerprint density at radius 1 is 1.16 bits per heavy atom. The van der Waals surface area contributed by atoms with Gasteiger partial charge in [0.25, 0.3) is 0 Å². The van der Waals surface area contributed by atoms with E-state index in [1.165, 1.54) is 34.6 Å². The summed E-state index contributed by atoms with van der Waals surface area (Å²) in [6, 6.07) is 14.3. The Hall–Kier alpha value is -2.25. The number of nitrogens with zero attached hydrogens (tertiary/aromatic N) is 2. The van der Waals surface area contributed by atoms with Crippen molar-refractivity contribution in [2.75, 3.05) is 5.32 Å². The highest BCUT2D eigenvalue weighted by Crippen LogP contribution is 2.28. The molecule has 0 saturated carbocycles. The van der Waals surface area contributed by atoms with Gasteiger partial charge in [-0.05, 0) is 30.2 Å². The fourth-order valence-electron chi connectivity index (χ4n) is 2.14. The third kappa shape index (κ3) is 5.37. The second-order valence-corrected chi connectivity index (χ2v) is 7.70. The Kier molecular flexibility index (Phi) is 5.78. The third-order valence-corrected chi connectivity index (χ3v) is 5.43.